The molecule has 1 aromatic carbocycles. The van der Waals surface area contributed by atoms with Crippen molar-refractivity contribution in [2.24, 2.45) is 11.8 Å². The van der Waals surface area contributed by atoms with Crippen molar-refractivity contribution in [2.45, 2.75) is 6.10 Å². The second-order valence-electron chi connectivity index (χ2n) is 6.93. The third-order valence-electron chi connectivity index (χ3n) is 4.95. The molecule has 2 aliphatic rings. The standard InChI is InChI=1S/C19H22FNO4/c20-17-3-14(13-1-2-23-9-13)4-19(5-17)25-12-18(22)8-21-6-15-10-24-11-16(15)7-21/h1-5,9,15-16,18,22H,6-8,10-12H2/t15-,16+,18?. The van der Waals surface area contributed by atoms with E-state index in [-0.39, 0.29) is 12.4 Å². The van der Waals surface area contributed by atoms with E-state index in [1.807, 2.05) is 0 Å². The van der Waals surface area contributed by atoms with Crippen LogP contribution >= 0.6 is 0 Å². The molecule has 1 aromatic heterocycles. The van der Waals surface area contributed by atoms with E-state index in [9.17, 15) is 9.50 Å². The molecule has 25 heavy (non-hydrogen) atoms. The van der Waals surface area contributed by atoms with Crippen LogP contribution in [0.2, 0.25) is 0 Å². The first-order chi connectivity index (χ1) is 12.2. The highest BCUT2D eigenvalue weighted by Gasteiger charge is 2.37. The van der Waals surface area contributed by atoms with E-state index in [2.05, 4.69) is 4.90 Å². The zero-order chi connectivity index (χ0) is 17.2. The summed E-state index contributed by atoms with van der Waals surface area (Å²) in [5.74, 6) is 1.21. The number of aliphatic hydroxyl groups excluding tert-OH is 1. The number of furan rings is 1. The quantitative estimate of drug-likeness (QED) is 0.870. The van der Waals surface area contributed by atoms with Gasteiger partial charge in [0.05, 0.1) is 25.7 Å². The monoisotopic (exact) mass is 347 g/mol. The summed E-state index contributed by atoms with van der Waals surface area (Å²) in [7, 11) is 0. The molecular weight excluding hydrogens is 325 g/mol. The smallest absolute Gasteiger partial charge is 0.127 e. The summed E-state index contributed by atoms with van der Waals surface area (Å²) in [6, 6.07) is 6.27. The Bertz CT molecular complexity index is 693. The number of hydrogen-bond acceptors (Lipinski definition) is 5. The lowest BCUT2D eigenvalue weighted by Crippen LogP contribution is -2.35. The number of β-amino-alcohol motifs (C(OH)–C–C–N with tert-alkyl or cyclic N) is 1. The number of ether oxygens (including phenoxy) is 2. The third kappa shape index (κ3) is 3.86. The number of fused-ring (bicyclic) bond motifs is 1. The van der Waals surface area contributed by atoms with Crippen molar-refractivity contribution in [2.75, 3.05) is 39.5 Å². The third-order valence-corrected chi connectivity index (χ3v) is 4.95. The van der Waals surface area contributed by atoms with Gasteiger partial charge < -0.3 is 19.0 Å². The van der Waals surface area contributed by atoms with Gasteiger partial charge in [0.1, 0.15) is 24.3 Å². The number of likely N-dealkylation sites (tertiary alicyclic amines) is 1. The van der Waals surface area contributed by atoms with Gasteiger partial charge in [-0.15, -0.1) is 0 Å². The van der Waals surface area contributed by atoms with Crippen LogP contribution in [0.1, 0.15) is 0 Å². The normalized spacial score (nSPS) is 24.4. The summed E-state index contributed by atoms with van der Waals surface area (Å²) in [4.78, 5) is 2.26. The van der Waals surface area contributed by atoms with Crippen molar-refractivity contribution >= 4 is 0 Å². The summed E-state index contributed by atoms with van der Waals surface area (Å²) in [6.07, 6.45) is 2.49. The lowest BCUT2D eigenvalue weighted by molar-refractivity contribution is 0.0675. The van der Waals surface area contributed by atoms with Gasteiger partial charge in [-0.25, -0.2) is 4.39 Å². The van der Waals surface area contributed by atoms with E-state index in [0.717, 1.165) is 31.9 Å². The van der Waals surface area contributed by atoms with Gasteiger partial charge in [0.2, 0.25) is 0 Å². The summed E-state index contributed by atoms with van der Waals surface area (Å²) in [6.45, 7) is 4.29. The van der Waals surface area contributed by atoms with E-state index in [0.29, 0.717) is 29.7 Å². The van der Waals surface area contributed by atoms with E-state index in [1.165, 1.54) is 12.1 Å². The van der Waals surface area contributed by atoms with Crippen LogP contribution in [0.15, 0.2) is 41.2 Å². The molecular formula is C19H22FNO4. The van der Waals surface area contributed by atoms with Crippen LogP contribution in [-0.4, -0.2) is 55.6 Å². The number of hydrogen-bond donors (Lipinski definition) is 1. The molecule has 2 fully saturated rings. The summed E-state index contributed by atoms with van der Waals surface area (Å²) < 4.78 is 29.9. The fourth-order valence-corrected chi connectivity index (χ4v) is 3.72. The van der Waals surface area contributed by atoms with Gasteiger partial charge in [-0.3, -0.25) is 4.90 Å². The van der Waals surface area contributed by atoms with Crippen molar-refractivity contribution < 1.29 is 23.4 Å². The van der Waals surface area contributed by atoms with Gasteiger partial charge in [-0.05, 0) is 23.8 Å². The maximum absolute atomic E-state index is 13.8. The highest BCUT2D eigenvalue weighted by atomic mass is 19.1. The average molecular weight is 347 g/mol. The minimum Gasteiger partial charge on any atom is -0.491 e. The Morgan fingerprint density at radius 1 is 1.20 bits per heavy atom. The van der Waals surface area contributed by atoms with Crippen LogP contribution in [0.25, 0.3) is 11.1 Å². The maximum atomic E-state index is 13.8. The molecule has 0 saturated carbocycles. The molecule has 3 heterocycles. The number of aliphatic hydroxyl groups is 1. The second kappa shape index (κ2) is 7.15. The zero-order valence-electron chi connectivity index (χ0n) is 13.9. The molecule has 1 unspecified atom stereocenters. The van der Waals surface area contributed by atoms with Crippen molar-refractivity contribution in [3.63, 3.8) is 0 Å². The van der Waals surface area contributed by atoms with Crippen LogP contribution in [0, 0.1) is 17.7 Å². The molecule has 4 rings (SSSR count). The number of nitrogens with zero attached hydrogens (tertiary/aromatic N) is 1. The Morgan fingerprint density at radius 3 is 2.72 bits per heavy atom. The number of benzene rings is 1. The van der Waals surface area contributed by atoms with Crippen LogP contribution in [0.5, 0.6) is 5.75 Å². The van der Waals surface area contributed by atoms with Crippen LogP contribution in [-0.2, 0) is 4.74 Å². The first-order valence-corrected chi connectivity index (χ1v) is 8.61. The van der Waals surface area contributed by atoms with Crippen LogP contribution < -0.4 is 4.74 Å². The topological polar surface area (TPSA) is 55.1 Å². The molecule has 0 bridgehead atoms. The molecule has 0 radical (unpaired) electrons. The highest BCUT2D eigenvalue weighted by Crippen LogP contribution is 2.29. The van der Waals surface area contributed by atoms with Crippen LogP contribution in [0.3, 0.4) is 0 Å². The molecule has 6 heteroatoms. The molecule has 1 N–H and O–H groups in total. The predicted octanol–water partition coefficient (Wildman–Crippen LogP) is 2.40. The maximum Gasteiger partial charge on any atom is 0.127 e. The molecule has 0 spiro atoms. The first kappa shape index (κ1) is 16.6. The average Bonchev–Trinajstić information content (AvgIpc) is 3.29. The first-order valence-electron chi connectivity index (χ1n) is 8.61. The fraction of sp³-hybridized carbons (Fsp3) is 0.474. The minimum absolute atomic E-state index is 0.136. The molecule has 0 aliphatic carbocycles. The lowest BCUT2D eigenvalue weighted by Gasteiger charge is -2.21. The highest BCUT2D eigenvalue weighted by molar-refractivity contribution is 5.63. The van der Waals surface area contributed by atoms with Crippen molar-refractivity contribution in [3.05, 3.63) is 42.6 Å². The predicted molar refractivity (Wildman–Crippen MR) is 89.8 cm³/mol. The van der Waals surface area contributed by atoms with Gasteiger partial charge in [0.25, 0.3) is 0 Å². The molecule has 2 aliphatic heterocycles. The molecule has 3 atom stereocenters. The summed E-state index contributed by atoms with van der Waals surface area (Å²) in [5, 5.41) is 10.3. The van der Waals surface area contributed by atoms with E-state index in [4.69, 9.17) is 13.9 Å². The second-order valence-corrected chi connectivity index (χ2v) is 6.93. The zero-order valence-corrected chi connectivity index (χ0v) is 13.9. The van der Waals surface area contributed by atoms with Gasteiger partial charge in [0, 0.05) is 43.1 Å². The summed E-state index contributed by atoms with van der Waals surface area (Å²) >= 11 is 0. The van der Waals surface area contributed by atoms with Gasteiger partial charge in [0.15, 0.2) is 0 Å². The van der Waals surface area contributed by atoms with Gasteiger partial charge in [-0.2, -0.15) is 0 Å². The van der Waals surface area contributed by atoms with Gasteiger partial charge in [-0.1, -0.05) is 0 Å². The van der Waals surface area contributed by atoms with Crippen molar-refractivity contribution in [1.82, 2.24) is 4.90 Å². The fourth-order valence-electron chi connectivity index (χ4n) is 3.72. The Hall–Kier alpha value is -1.89. The van der Waals surface area contributed by atoms with Crippen molar-refractivity contribution in [1.29, 1.82) is 0 Å². The van der Waals surface area contributed by atoms with Gasteiger partial charge >= 0.3 is 0 Å². The number of halogens is 1. The minimum atomic E-state index is -0.611. The Balaban J connectivity index is 1.32. The summed E-state index contributed by atoms with van der Waals surface area (Å²) in [5.41, 5.74) is 1.47. The Morgan fingerprint density at radius 2 is 2.00 bits per heavy atom. The number of rotatable bonds is 6. The van der Waals surface area contributed by atoms with E-state index < -0.39 is 6.10 Å². The van der Waals surface area contributed by atoms with Crippen molar-refractivity contribution in [3.8, 4) is 16.9 Å². The largest absolute Gasteiger partial charge is 0.491 e. The van der Waals surface area contributed by atoms with Crippen LogP contribution in [0.4, 0.5) is 4.39 Å². The molecule has 2 saturated heterocycles. The Kier molecular flexibility index (Phi) is 4.74. The Labute approximate surface area is 146 Å². The molecule has 134 valence electrons. The molecule has 0 amide bonds. The SMILES string of the molecule is OC(COc1cc(F)cc(-c2ccoc2)c1)CN1C[C@H]2COC[C@H]2C1. The molecule has 5 nitrogen and oxygen atoms in total. The lowest BCUT2D eigenvalue weighted by atomic mass is 10.0. The van der Waals surface area contributed by atoms with E-state index in [1.54, 1.807) is 24.7 Å². The molecule has 2 aromatic rings. The van der Waals surface area contributed by atoms with E-state index >= 15 is 0 Å².